The maximum absolute atomic E-state index is 13.7. The number of hydrogen-bond donors (Lipinski definition) is 1. The minimum absolute atomic E-state index is 0.0623. The highest BCUT2D eigenvalue weighted by Gasteiger charge is 2.30. The minimum Gasteiger partial charge on any atom is -0.355 e. The molecule has 0 aliphatic rings. The van der Waals surface area contributed by atoms with Crippen molar-refractivity contribution in [3.8, 4) is 0 Å². The summed E-state index contributed by atoms with van der Waals surface area (Å²) in [6, 6.07) is 9.01. The van der Waals surface area contributed by atoms with Crippen molar-refractivity contribution in [2.75, 3.05) is 23.7 Å². The number of carbonyl (C=O) groups is 2. The second-order valence-corrected chi connectivity index (χ2v) is 9.35. The molecule has 2 aromatic rings. The average Bonchev–Trinajstić information content (AvgIpc) is 2.72. The summed E-state index contributed by atoms with van der Waals surface area (Å²) in [6.07, 6.45) is 0.860. The van der Waals surface area contributed by atoms with Crippen LogP contribution in [0.25, 0.3) is 0 Å². The van der Waals surface area contributed by atoms with Gasteiger partial charge in [-0.3, -0.25) is 13.9 Å². The van der Waals surface area contributed by atoms with Gasteiger partial charge in [0.15, 0.2) is 11.6 Å². The fourth-order valence-electron chi connectivity index (χ4n) is 3.05. The van der Waals surface area contributed by atoms with Crippen molar-refractivity contribution in [3.63, 3.8) is 0 Å². The van der Waals surface area contributed by atoms with Crippen molar-refractivity contribution in [1.82, 2.24) is 10.2 Å². The van der Waals surface area contributed by atoms with Crippen LogP contribution in [-0.2, 0) is 26.2 Å². The molecular formula is C22H27F2N3O4S. The van der Waals surface area contributed by atoms with Crippen molar-refractivity contribution in [1.29, 1.82) is 0 Å². The molecule has 0 bridgehead atoms. The molecule has 0 saturated heterocycles. The molecule has 0 heterocycles. The summed E-state index contributed by atoms with van der Waals surface area (Å²) in [6.45, 7) is 4.94. The van der Waals surface area contributed by atoms with Crippen LogP contribution in [0, 0.1) is 18.6 Å². The summed E-state index contributed by atoms with van der Waals surface area (Å²) < 4.78 is 52.4. The van der Waals surface area contributed by atoms with E-state index in [-0.39, 0.29) is 12.2 Å². The molecular weight excluding hydrogens is 440 g/mol. The SMILES string of the molecule is CCNC(=O)C(C)N(Cc1ccc(C)cc1)C(=O)CN(c1ccc(F)c(F)c1)S(C)(=O)=O. The molecule has 0 aromatic heterocycles. The largest absolute Gasteiger partial charge is 0.355 e. The maximum Gasteiger partial charge on any atom is 0.244 e. The molecule has 1 atom stereocenters. The number of aryl methyl sites for hydroxylation is 1. The van der Waals surface area contributed by atoms with E-state index < -0.39 is 46.1 Å². The Kier molecular flexibility index (Phi) is 8.31. The molecule has 7 nitrogen and oxygen atoms in total. The number of hydrogen-bond acceptors (Lipinski definition) is 4. The molecule has 2 amide bonds. The highest BCUT2D eigenvalue weighted by Crippen LogP contribution is 2.21. The third-order valence-electron chi connectivity index (χ3n) is 4.86. The number of amides is 2. The Morgan fingerprint density at radius 2 is 1.69 bits per heavy atom. The van der Waals surface area contributed by atoms with E-state index in [9.17, 15) is 26.8 Å². The highest BCUT2D eigenvalue weighted by atomic mass is 32.2. The smallest absolute Gasteiger partial charge is 0.244 e. The van der Waals surface area contributed by atoms with E-state index in [1.54, 1.807) is 13.8 Å². The number of likely N-dealkylation sites (N-methyl/N-ethyl adjacent to an activating group) is 1. The Balaban J connectivity index is 2.39. The fraction of sp³-hybridized carbons (Fsp3) is 0.364. The molecule has 0 radical (unpaired) electrons. The first-order valence-electron chi connectivity index (χ1n) is 9.99. The number of anilines is 1. The molecule has 10 heteroatoms. The number of nitrogens with zero attached hydrogens (tertiary/aromatic N) is 2. The molecule has 1 N–H and O–H groups in total. The quantitative estimate of drug-likeness (QED) is 0.614. The Morgan fingerprint density at radius 1 is 1.06 bits per heavy atom. The third-order valence-corrected chi connectivity index (χ3v) is 6.00. The van der Waals surface area contributed by atoms with Crippen LogP contribution in [0.4, 0.5) is 14.5 Å². The van der Waals surface area contributed by atoms with Crippen LogP contribution in [-0.4, -0.2) is 50.5 Å². The zero-order valence-corrected chi connectivity index (χ0v) is 19.2. The first kappa shape index (κ1) is 25.3. The van der Waals surface area contributed by atoms with Gasteiger partial charge in [0.05, 0.1) is 11.9 Å². The van der Waals surface area contributed by atoms with Crippen molar-refractivity contribution < 1.29 is 26.8 Å². The monoisotopic (exact) mass is 467 g/mol. The highest BCUT2D eigenvalue weighted by molar-refractivity contribution is 7.92. The van der Waals surface area contributed by atoms with E-state index in [4.69, 9.17) is 0 Å². The lowest BCUT2D eigenvalue weighted by molar-refractivity contribution is -0.139. The maximum atomic E-state index is 13.7. The van der Waals surface area contributed by atoms with Crippen LogP contribution >= 0.6 is 0 Å². The van der Waals surface area contributed by atoms with Crippen molar-refractivity contribution in [3.05, 3.63) is 65.2 Å². The molecule has 32 heavy (non-hydrogen) atoms. The van der Waals surface area contributed by atoms with Gasteiger partial charge in [-0.25, -0.2) is 17.2 Å². The molecule has 0 saturated carbocycles. The lowest BCUT2D eigenvalue weighted by atomic mass is 10.1. The number of nitrogens with one attached hydrogen (secondary N) is 1. The van der Waals surface area contributed by atoms with Crippen molar-refractivity contribution in [2.24, 2.45) is 0 Å². The van der Waals surface area contributed by atoms with Gasteiger partial charge in [-0.15, -0.1) is 0 Å². The summed E-state index contributed by atoms with van der Waals surface area (Å²) in [5.74, 6) is -3.44. The summed E-state index contributed by atoms with van der Waals surface area (Å²) in [4.78, 5) is 26.9. The van der Waals surface area contributed by atoms with Crippen LogP contribution in [0.2, 0.25) is 0 Å². The molecule has 174 valence electrons. The Bertz CT molecular complexity index is 1080. The summed E-state index contributed by atoms with van der Waals surface area (Å²) in [5.41, 5.74) is 1.57. The van der Waals surface area contributed by atoms with Crippen LogP contribution in [0.3, 0.4) is 0 Å². The van der Waals surface area contributed by atoms with Crippen molar-refractivity contribution in [2.45, 2.75) is 33.4 Å². The van der Waals surface area contributed by atoms with Gasteiger partial charge in [-0.1, -0.05) is 29.8 Å². The molecule has 0 aliphatic carbocycles. The second kappa shape index (κ2) is 10.5. The minimum atomic E-state index is -4.01. The van der Waals surface area contributed by atoms with Gasteiger partial charge in [0.25, 0.3) is 0 Å². The zero-order chi connectivity index (χ0) is 24.1. The number of benzene rings is 2. The van der Waals surface area contributed by atoms with Crippen LogP contribution < -0.4 is 9.62 Å². The van der Waals surface area contributed by atoms with Gasteiger partial charge in [-0.2, -0.15) is 0 Å². The van der Waals surface area contributed by atoms with Gasteiger partial charge in [0.1, 0.15) is 12.6 Å². The standard InChI is InChI=1S/C22H27F2N3O4S/c1-5-25-22(29)16(3)26(13-17-8-6-15(2)7-9-17)21(28)14-27(32(4,30)31)18-10-11-19(23)20(24)12-18/h6-12,16H,5,13-14H2,1-4H3,(H,25,29). The summed E-state index contributed by atoms with van der Waals surface area (Å²) >= 11 is 0. The van der Waals surface area contributed by atoms with Gasteiger partial charge in [-0.05, 0) is 38.5 Å². The van der Waals surface area contributed by atoms with Crippen LogP contribution in [0.15, 0.2) is 42.5 Å². The number of rotatable bonds is 9. The Morgan fingerprint density at radius 3 is 2.22 bits per heavy atom. The predicted octanol–water partition coefficient (Wildman–Crippen LogP) is 2.59. The van der Waals surface area contributed by atoms with E-state index in [1.807, 2.05) is 31.2 Å². The first-order valence-corrected chi connectivity index (χ1v) is 11.8. The summed E-state index contributed by atoms with van der Waals surface area (Å²) in [7, 11) is -4.01. The predicted molar refractivity (Wildman–Crippen MR) is 118 cm³/mol. The first-order chi connectivity index (χ1) is 14.9. The van der Waals surface area contributed by atoms with Crippen molar-refractivity contribution >= 4 is 27.5 Å². The van der Waals surface area contributed by atoms with Gasteiger partial charge in [0, 0.05) is 19.2 Å². The summed E-state index contributed by atoms with van der Waals surface area (Å²) in [5, 5.41) is 2.65. The molecule has 0 aliphatic heterocycles. The number of halogens is 2. The molecule has 0 fully saturated rings. The van der Waals surface area contributed by atoms with E-state index >= 15 is 0 Å². The molecule has 1 unspecified atom stereocenters. The lowest BCUT2D eigenvalue weighted by Gasteiger charge is -2.31. The fourth-order valence-corrected chi connectivity index (χ4v) is 3.89. The average molecular weight is 468 g/mol. The lowest BCUT2D eigenvalue weighted by Crippen LogP contribution is -2.51. The van der Waals surface area contributed by atoms with Gasteiger partial charge < -0.3 is 10.2 Å². The zero-order valence-electron chi connectivity index (χ0n) is 18.4. The second-order valence-electron chi connectivity index (χ2n) is 7.45. The Labute approximate surface area is 187 Å². The topological polar surface area (TPSA) is 86.8 Å². The normalized spacial score (nSPS) is 12.2. The van der Waals surface area contributed by atoms with Crippen LogP contribution in [0.1, 0.15) is 25.0 Å². The Hall–Kier alpha value is -3.01. The molecule has 2 rings (SSSR count). The number of carbonyl (C=O) groups excluding carboxylic acids is 2. The van der Waals surface area contributed by atoms with Gasteiger partial charge >= 0.3 is 0 Å². The number of sulfonamides is 1. The van der Waals surface area contributed by atoms with E-state index in [0.717, 1.165) is 29.5 Å². The molecule has 0 spiro atoms. The van der Waals surface area contributed by atoms with E-state index in [2.05, 4.69) is 5.32 Å². The van der Waals surface area contributed by atoms with E-state index in [1.165, 1.54) is 4.90 Å². The van der Waals surface area contributed by atoms with E-state index in [0.29, 0.717) is 16.9 Å². The third kappa shape index (κ3) is 6.49. The van der Waals surface area contributed by atoms with Gasteiger partial charge in [0.2, 0.25) is 21.8 Å². The molecule has 2 aromatic carbocycles. The van der Waals surface area contributed by atoms with Crippen LogP contribution in [0.5, 0.6) is 0 Å².